The summed E-state index contributed by atoms with van der Waals surface area (Å²) in [4.78, 5) is 0.406. The van der Waals surface area contributed by atoms with E-state index >= 15 is 0 Å². The molecule has 0 amide bonds. The van der Waals surface area contributed by atoms with Crippen LogP contribution < -0.4 is 5.73 Å². The number of hydrogen-bond acceptors (Lipinski definition) is 2. The van der Waals surface area contributed by atoms with Gasteiger partial charge in [0, 0.05) is 9.92 Å². The van der Waals surface area contributed by atoms with E-state index in [9.17, 15) is 8.60 Å². The van der Waals surface area contributed by atoms with Crippen LogP contribution >= 0.6 is 11.6 Å². The Morgan fingerprint density at radius 3 is 2.63 bits per heavy atom. The Morgan fingerprint density at radius 1 is 1.26 bits per heavy atom. The van der Waals surface area contributed by atoms with Gasteiger partial charge in [-0.25, -0.2) is 4.39 Å². The molecule has 2 aromatic rings. The van der Waals surface area contributed by atoms with Gasteiger partial charge in [0.05, 0.1) is 22.2 Å². The van der Waals surface area contributed by atoms with Gasteiger partial charge in [-0.05, 0) is 42.3 Å². The highest BCUT2D eigenvalue weighted by atomic mass is 35.5. The highest BCUT2D eigenvalue weighted by molar-refractivity contribution is 7.84. The van der Waals surface area contributed by atoms with E-state index in [0.717, 1.165) is 11.1 Å². The fraction of sp³-hybridized carbons (Fsp3) is 0.143. The molecule has 2 nitrogen and oxygen atoms in total. The summed E-state index contributed by atoms with van der Waals surface area (Å²) in [5, 5.41) is 0.573. The summed E-state index contributed by atoms with van der Waals surface area (Å²) >= 11 is 6.09. The van der Waals surface area contributed by atoms with E-state index in [1.807, 2.05) is 25.1 Å². The molecular weight excluding hydrogens is 285 g/mol. The van der Waals surface area contributed by atoms with Crippen molar-refractivity contribution in [3.05, 3.63) is 58.4 Å². The van der Waals surface area contributed by atoms with E-state index < -0.39 is 16.6 Å². The van der Waals surface area contributed by atoms with Gasteiger partial charge in [-0.2, -0.15) is 0 Å². The SMILES string of the molecule is Cc1ccc(CS(=O)c2ccc(N)c(F)c2)c(Cl)c1. The molecule has 5 heteroatoms. The maximum atomic E-state index is 13.3. The van der Waals surface area contributed by atoms with Gasteiger partial charge in [0.1, 0.15) is 5.82 Å². The fourth-order valence-electron chi connectivity index (χ4n) is 1.64. The Balaban J connectivity index is 2.23. The molecule has 0 heterocycles. The second-order valence-electron chi connectivity index (χ2n) is 4.27. The third-order valence-corrected chi connectivity index (χ3v) is 4.43. The van der Waals surface area contributed by atoms with Crippen molar-refractivity contribution in [1.82, 2.24) is 0 Å². The molecule has 0 bridgehead atoms. The van der Waals surface area contributed by atoms with Gasteiger partial charge in [-0.1, -0.05) is 23.7 Å². The first-order valence-electron chi connectivity index (χ1n) is 5.66. The fourth-order valence-corrected chi connectivity index (χ4v) is 3.18. The third kappa shape index (κ3) is 3.33. The van der Waals surface area contributed by atoms with Crippen molar-refractivity contribution in [2.24, 2.45) is 0 Å². The summed E-state index contributed by atoms with van der Waals surface area (Å²) in [6.45, 7) is 1.93. The molecule has 0 saturated heterocycles. The van der Waals surface area contributed by atoms with E-state index in [1.54, 1.807) is 6.07 Å². The zero-order valence-corrected chi connectivity index (χ0v) is 11.9. The quantitative estimate of drug-likeness (QED) is 0.878. The standard InChI is InChI=1S/C14H13ClFNOS/c1-9-2-3-10(12(15)6-9)8-19(18)11-4-5-14(17)13(16)7-11/h2-7H,8,17H2,1H3. The van der Waals surface area contributed by atoms with Gasteiger partial charge in [-0.3, -0.25) is 4.21 Å². The zero-order valence-electron chi connectivity index (χ0n) is 10.3. The molecule has 0 aliphatic carbocycles. The number of rotatable bonds is 3. The molecule has 2 N–H and O–H groups in total. The Kier molecular flexibility index (Phi) is 4.22. The maximum absolute atomic E-state index is 13.3. The highest BCUT2D eigenvalue weighted by Crippen LogP contribution is 2.22. The molecule has 1 unspecified atom stereocenters. The number of hydrogen-bond donors (Lipinski definition) is 1. The van der Waals surface area contributed by atoms with Crippen molar-refractivity contribution in [3.63, 3.8) is 0 Å². The summed E-state index contributed by atoms with van der Waals surface area (Å²) in [6, 6.07) is 9.74. The maximum Gasteiger partial charge on any atom is 0.147 e. The predicted octanol–water partition coefficient (Wildman–Crippen LogP) is 3.68. The van der Waals surface area contributed by atoms with Crippen LogP contribution in [0.5, 0.6) is 0 Å². The summed E-state index contributed by atoms with van der Waals surface area (Å²) in [6.07, 6.45) is 0. The average molecular weight is 298 g/mol. The molecule has 0 aliphatic rings. The first-order valence-corrected chi connectivity index (χ1v) is 7.35. The lowest BCUT2D eigenvalue weighted by Crippen LogP contribution is -1.99. The molecule has 2 aromatic carbocycles. The van der Waals surface area contributed by atoms with Crippen LogP contribution in [0.2, 0.25) is 5.02 Å². The summed E-state index contributed by atoms with van der Waals surface area (Å²) in [5.74, 6) is -0.302. The molecule has 100 valence electrons. The van der Waals surface area contributed by atoms with Crippen LogP contribution in [0.1, 0.15) is 11.1 Å². The molecule has 0 aliphatic heterocycles. The molecule has 0 radical (unpaired) electrons. The van der Waals surface area contributed by atoms with Crippen LogP contribution in [0.25, 0.3) is 0 Å². The van der Waals surface area contributed by atoms with Crippen molar-refractivity contribution in [2.45, 2.75) is 17.6 Å². The normalized spacial score (nSPS) is 12.4. The number of nitrogen functional groups attached to an aromatic ring is 1. The van der Waals surface area contributed by atoms with Crippen LogP contribution in [0.15, 0.2) is 41.3 Å². The Bertz CT molecular complexity index is 645. The molecule has 1 atom stereocenters. The Morgan fingerprint density at radius 2 is 2.00 bits per heavy atom. The molecule has 0 saturated carbocycles. The molecule has 19 heavy (non-hydrogen) atoms. The summed E-state index contributed by atoms with van der Waals surface area (Å²) in [5.41, 5.74) is 7.26. The van der Waals surface area contributed by atoms with Crippen molar-refractivity contribution in [3.8, 4) is 0 Å². The minimum absolute atomic E-state index is 0.0501. The van der Waals surface area contributed by atoms with Crippen molar-refractivity contribution in [2.75, 3.05) is 5.73 Å². The van der Waals surface area contributed by atoms with Crippen LogP contribution in [0.4, 0.5) is 10.1 Å². The zero-order chi connectivity index (χ0) is 14.0. The summed E-state index contributed by atoms with van der Waals surface area (Å²) in [7, 11) is -1.35. The molecule has 2 rings (SSSR count). The predicted molar refractivity (Wildman–Crippen MR) is 77.1 cm³/mol. The lowest BCUT2D eigenvalue weighted by atomic mass is 10.2. The summed E-state index contributed by atoms with van der Waals surface area (Å²) < 4.78 is 25.5. The van der Waals surface area contributed by atoms with E-state index in [1.165, 1.54) is 12.1 Å². The van der Waals surface area contributed by atoms with E-state index in [0.29, 0.717) is 9.92 Å². The van der Waals surface area contributed by atoms with Crippen molar-refractivity contribution < 1.29 is 8.60 Å². The topological polar surface area (TPSA) is 43.1 Å². The number of anilines is 1. The molecule has 0 aromatic heterocycles. The lowest BCUT2D eigenvalue weighted by Gasteiger charge is -2.06. The van der Waals surface area contributed by atoms with Gasteiger partial charge >= 0.3 is 0 Å². The van der Waals surface area contributed by atoms with Gasteiger partial charge in [-0.15, -0.1) is 0 Å². The number of nitrogens with two attached hydrogens (primary N) is 1. The number of aryl methyl sites for hydroxylation is 1. The molecular formula is C14H13ClFNOS. The minimum Gasteiger partial charge on any atom is -0.396 e. The van der Waals surface area contributed by atoms with Crippen LogP contribution in [0.3, 0.4) is 0 Å². The second-order valence-corrected chi connectivity index (χ2v) is 6.13. The van der Waals surface area contributed by atoms with Crippen LogP contribution in [0, 0.1) is 12.7 Å². The Labute approximate surface area is 118 Å². The third-order valence-electron chi connectivity index (χ3n) is 2.73. The van der Waals surface area contributed by atoms with Gasteiger partial charge < -0.3 is 5.73 Å². The van der Waals surface area contributed by atoms with Crippen LogP contribution in [-0.4, -0.2) is 4.21 Å². The van der Waals surface area contributed by atoms with Crippen molar-refractivity contribution in [1.29, 1.82) is 0 Å². The minimum atomic E-state index is -1.35. The number of benzene rings is 2. The Hall–Kier alpha value is -1.39. The average Bonchev–Trinajstić information content (AvgIpc) is 2.36. The smallest absolute Gasteiger partial charge is 0.147 e. The number of halogens is 2. The van der Waals surface area contributed by atoms with E-state index in [-0.39, 0.29) is 11.4 Å². The largest absolute Gasteiger partial charge is 0.396 e. The van der Waals surface area contributed by atoms with Gasteiger partial charge in [0.2, 0.25) is 0 Å². The first kappa shape index (κ1) is 14.0. The molecule has 0 fully saturated rings. The molecule has 0 spiro atoms. The second kappa shape index (κ2) is 5.72. The monoisotopic (exact) mass is 297 g/mol. The van der Waals surface area contributed by atoms with Gasteiger partial charge in [0.25, 0.3) is 0 Å². The lowest BCUT2D eigenvalue weighted by molar-refractivity contribution is 0.627. The first-order chi connectivity index (χ1) is 8.97. The van der Waals surface area contributed by atoms with Crippen LogP contribution in [-0.2, 0) is 16.6 Å². The highest BCUT2D eigenvalue weighted by Gasteiger charge is 2.10. The van der Waals surface area contributed by atoms with E-state index in [2.05, 4.69) is 0 Å². The van der Waals surface area contributed by atoms with Crippen molar-refractivity contribution >= 4 is 28.1 Å². The van der Waals surface area contributed by atoms with E-state index in [4.69, 9.17) is 17.3 Å². The van der Waals surface area contributed by atoms with Gasteiger partial charge in [0.15, 0.2) is 0 Å².